The van der Waals surface area contributed by atoms with Crippen LogP contribution in [0.15, 0.2) is 68.4 Å². The number of nitrogens with zero attached hydrogens (tertiary/aromatic N) is 1. The number of allylic oxidation sites excluding steroid dienone is 2. The Bertz CT molecular complexity index is 963. The molecule has 1 aliphatic rings. The molecule has 0 bridgehead atoms. The molecular weight excluding hydrogens is 402 g/mol. The van der Waals surface area contributed by atoms with Crippen LogP contribution in [0.3, 0.4) is 0 Å². The van der Waals surface area contributed by atoms with Gasteiger partial charge in [-0.05, 0) is 46.3 Å². The van der Waals surface area contributed by atoms with Gasteiger partial charge in [-0.15, -0.1) is 0 Å². The van der Waals surface area contributed by atoms with Gasteiger partial charge >= 0.3 is 0 Å². The van der Waals surface area contributed by atoms with Gasteiger partial charge in [0.25, 0.3) is 10.0 Å². The molecular formula is C16H9BrClNO3S. The van der Waals surface area contributed by atoms with Crippen molar-refractivity contribution in [1.82, 2.24) is 0 Å². The molecule has 0 fully saturated rings. The minimum Gasteiger partial charge on any atom is -0.288 e. The van der Waals surface area contributed by atoms with Gasteiger partial charge in [-0.25, -0.2) is 0 Å². The third-order valence-corrected chi connectivity index (χ3v) is 5.40. The zero-order valence-corrected chi connectivity index (χ0v) is 14.7. The number of fused-ring (bicyclic) bond motifs is 1. The molecule has 23 heavy (non-hydrogen) atoms. The van der Waals surface area contributed by atoms with Crippen molar-refractivity contribution >= 4 is 49.0 Å². The molecule has 0 aliphatic heterocycles. The summed E-state index contributed by atoms with van der Waals surface area (Å²) in [4.78, 5) is 12.1. The fraction of sp³-hybridized carbons (Fsp3) is 0. The summed E-state index contributed by atoms with van der Waals surface area (Å²) in [5.74, 6) is -0.205. The number of hydrogen-bond donors (Lipinski definition) is 0. The van der Waals surface area contributed by atoms with E-state index in [1.165, 1.54) is 30.3 Å². The maximum Gasteiger partial charge on any atom is 0.282 e. The van der Waals surface area contributed by atoms with E-state index < -0.39 is 10.0 Å². The number of halogens is 2. The van der Waals surface area contributed by atoms with Gasteiger partial charge in [-0.3, -0.25) is 4.79 Å². The SMILES string of the molecule is O=C1C(Br)=C/C(=N\S(=O)(=O)c2ccc(Cl)cc2)c2ccccc21. The molecule has 116 valence electrons. The smallest absolute Gasteiger partial charge is 0.282 e. The molecule has 0 aromatic heterocycles. The van der Waals surface area contributed by atoms with Crippen molar-refractivity contribution in [3.63, 3.8) is 0 Å². The molecule has 0 atom stereocenters. The molecule has 0 radical (unpaired) electrons. The number of carbonyl (C=O) groups is 1. The summed E-state index contributed by atoms with van der Waals surface area (Å²) < 4.78 is 29.0. The van der Waals surface area contributed by atoms with Crippen LogP contribution in [0, 0.1) is 0 Å². The first-order valence-electron chi connectivity index (χ1n) is 6.50. The highest BCUT2D eigenvalue weighted by Crippen LogP contribution is 2.26. The largest absolute Gasteiger partial charge is 0.288 e. The first-order chi connectivity index (χ1) is 10.9. The third-order valence-electron chi connectivity index (χ3n) is 3.26. The molecule has 4 nitrogen and oxygen atoms in total. The van der Waals surface area contributed by atoms with Crippen molar-refractivity contribution in [2.45, 2.75) is 4.90 Å². The van der Waals surface area contributed by atoms with Gasteiger partial charge in [0, 0.05) is 16.1 Å². The molecule has 0 amide bonds. The van der Waals surface area contributed by atoms with Crippen molar-refractivity contribution in [3.8, 4) is 0 Å². The number of carbonyl (C=O) groups excluding carboxylic acids is 1. The van der Waals surface area contributed by atoms with Gasteiger partial charge in [0.05, 0.1) is 15.1 Å². The molecule has 3 rings (SSSR count). The lowest BCUT2D eigenvalue weighted by atomic mass is 9.94. The third kappa shape index (κ3) is 3.15. The zero-order chi connectivity index (χ0) is 16.6. The van der Waals surface area contributed by atoms with E-state index in [1.807, 2.05) is 0 Å². The van der Waals surface area contributed by atoms with Crippen LogP contribution in [0.2, 0.25) is 5.02 Å². The Hall–Kier alpha value is -1.76. The average Bonchev–Trinajstić information content (AvgIpc) is 2.52. The van der Waals surface area contributed by atoms with E-state index in [4.69, 9.17) is 11.6 Å². The standard InChI is InChI=1S/C16H9BrClNO3S/c17-14-9-15(12-3-1-2-4-13(12)16(14)20)19-23(21,22)11-7-5-10(18)6-8-11/h1-9H/b19-15+. The van der Waals surface area contributed by atoms with E-state index in [0.717, 1.165) is 0 Å². The highest BCUT2D eigenvalue weighted by atomic mass is 79.9. The Morgan fingerprint density at radius 2 is 1.57 bits per heavy atom. The number of rotatable bonds is 2. The molecule has 2 aromatic rings. The van der Waals surface area contributed by atoms with Crippen molar-refractivity contribution in [3.05, 3.63) is 75.2 Å². The highest BCUT2D eigenvalue weighted by molar-refractivity contribution is 9.12. The highest BCUT2D eigenvalue weighted by Gasteiger charge is 2.24. The number of hydrogen-bond acceptors (Lipinski definition) is 3. The summed E-state index contributed by atoms with van der Waals surface area (Å²) in [5, 5.41) is 0.438. The summed E-state index contributed by atoms with van der Waals surface area (Å²) in [6.45, 7) is 0. The maximum absolute atomic E-state index is 12.4. The number of Topliss-reactive ketones (excluding diaryl/α,β-unsaturated/α-hetero) is 1. The molecule has 0 N–H and O–H groups in total. The van der Waals surface area contributed by atoms with Crippen LogP contribution in [0.5, 0.6) is 0 Å². The Balaban J connectivity index is 2.15. The number of ketones is 1. The molecule has 0 saturated carbocycles. The summed E-state index contributed by atoms with van der Waals surface area (Å²) in [6, 6.07) is 12.5. The second kappa shape index (κ2) is 6.03. The van der Waals surface area contributed by atoms with Crippen LogP contribution in [0.25, 0.3) is 0 Å². The van der Waals surface area contributed by atoms with Gasteiger partial charge in [0.1, 0.15) is 0 Å². The van der Waals surface area contributed by atoms with E-state index in [-0.39, 0.29) is 20.9 Å². The van der Waals surface area contributed by atoms with Crippen LogP contribution in [-0.4, -0.2) is 19.9 Å². The quantitative estimate of drug-likeness (QED) is 0.752. The van der Waals surface area contributed by atoms with Crippen LogP contribution in [0.1, 0.15) is 15.9 Å². The monoisotopic (exact) mass is 409 g/mol. The van der Waals surface area contributed by atoms with Gasteiger partial charge in [-0.1, -0.05) is 35.9 Å². The predicted octanol–water partition coefficient (Wildman–Crippen LogP) is 3.99. The first-order valence-corrected chi connectivity index (χ1v) is 9.11. The second-order valence-corrected chi connectivity index (χ2v) is 7.67. The van der Waals surface area contributed by atoms with Gasteiger partial charge < -0.3 is 0 Å². The van der Waals surface area contributed by atoms with E-state index in [0.29, 0.717) is 16.1 Å². The fourth-order valence-corrected chi connectivity index (χ4v) is 3.71. The summed E-state index contributed by atoms with van der Waals surface area (Å²) in [7, 11) is -3.91. The van der Waals surface area contributed by atoms with Gasteiger partial charge in [0.15, 0.2) is 0 Å². The fourth-order valence-electron chi connectivity index (χ4n) is 2.16. The van der Waals surface area contributed by atoms with Gasteiger partial charge in [-0.2, -0.15) is 12.8 Å². The van der Waals surface area contributed by atoms with Crippen molar-refractivity contribution in [1.29, 1.82) is 0 Å². The van der Waals surface area contributed by atoms with E-state index in [2.05, 4.69) is 20.3 Å². The number of sulfonamides is 1. The first kappa shape index (κ1) is 16.1. The molecule has 1 aliphatic carbocycles. The lowest BCUT2D eigenvalue weighted by Gasteiger charge is -2.14. The molecule has 0 saturated heterocycles. The molecule has 0 heterocycles. The van der Waals surface area contributed by atoms with E-state index >= 15 is 0 Å². The maximum atomic E-state index is 12.4. The van der Waals surface area contributed by atoms with Crippen LogP contribution < -0.4 is 0 Å². The zero-order valence-electron chi connectivity index (χ0n) is 11.5. The van der Waals surface area contributed by atoms with Crippen molar-refractivity contribution in [2.24, 2.45) is 4.40 Å². The predicted molar refractivity (Wildman–Crippen MR) is 93.0 cm³/mol. The Labute approximate surface area is 146 Å². The Morgan fingerprint density at radius 3 is 2.22 bits per heavy atom. The topological polar surface area (TPSA) is 63.6 Å². The van der Waals surface area contributed by atoms with Crippen LogP contribution in [-0.2, 0) is 10.0 Å². The minimum atomic E-state index is -3.91. The normalized spacial score (nSPS) is 16.2. The lowest BCUT2D eigenvalue weighted by Crippen LogP contribution is -2.16. The summed E-state index contributed by atoms with van der Waals surface area (Å²) >= 11 is 8.93. The van der Waals surface area contributed by atoms with Crippen molar-refractivity contribution in [2.75, 3.05) is 0 Å². The molecule has 7 heteroatoms. The molecule has 0 spiro atoms. The average molecular weight is 411 g/mol. The molecule has 0 unspecified atom stereocenters. The van der Waals surface area contributed by atoms with E-state index in [9.17, 15) is 13.2 Å². The Kier molecular flexibility index (Phi) is 4.23. The minimum absolute atomic E-state index is 0.0355. The van der Waals surface area contributed by atoms with Crippen LogP contribution >= 0.6 is 27.5 Å². The van der Waals surface area contributed by atoms with E-state index in [1.54, 1.807) is 24.3 Å². The van der Waals surface area contributed by atoms with Crippen molar-refractivity contribution < 1.29 is 13.2 Å². The summed E-state index contributed by atoms with van der Waals surface area (Å²) in [5.41, 5.74) is 1.10. The Morgan fingerprint density at radius 1 is 0.957 bits per heavy atom. The van der Waals surface area contributed by atoms with Crippen LogP contribution in [0.4, 0.5) is 0 Å². The summed E-state index contributed by atoms with van der Waals surface area (Å²) in [6.07, 6.45) is 1.41. The molecule has 2 aromatic carbocycles. The second-order valence-electron chi connectivity index (χ2n) is 4.77. The lowest BCUT2D eigenvalue weighted by molar-refractivity contribution is 0.104. The number of benzene rings is 2. The van der Waals surface area contributed by atoms with Gasteiger partial charge in [0.2, 0.25) is 5.78 Å².